The lowest BCUT2D eigenvalue weighted by atomic mass is 10.1. The van der Waals surface area contributed by atoms with Gasteiger partial charge in [0.2, 0.25) is 0 Å². The number of carbonyl (C=O) groups excluding carboxylic acids is 3. The number of thiophene rings is 1. The molecule has 0 aliphatic carbocycles. The normalized spacial score (nSPS) is 10.2. The minimum absolute atomic E-state index is 0.155. The Bertz CT molecular complexity index is 1090. The molecule has 8 heteroatoms. The average molecular weight is 424 g/mol. The van der Waals surface area contributed by atoms with E-state index in [-0.39, 0.29) is 16.5 Å². The molecule has 0 atom stereocenters. The Kier molecular flexibility index (Phi) is 6.48. The number of amides is 2. The maximum Gasteiger partial charge on any atom is 0.341 e. The van der Waals surface area contributed by atoms with E-state index in [1.165, 1.54) is 14.2 Å². The van der Waals surface area contributed by atoms with Gasteiger partial charge in [0.1, 0.15) is 10.8 Å². The summed E-state index contributed by atoms with van der Waals surface area (Å²) in [5.74, 6) is -0.827. The number of hydrogen-bond donors (Lipinski definition) is 2. The molecule has 7 nitrogen and oxygen atoms in total. The molecule has 2 N–H and O–H groups in total. The molecule has 2 amide bonds. The Hall–Kier alpha value is -3.65. The third kappa shape index (κ3) is 4.49. The van der Waals surface area contributed by atoms with Crippen molar-refractivity contribution in [2.45, 2.75) is 6.92 Å². The molecule has 0 spiro atoms. The van der Waals surface area contributed by atoms with Crippen LogP contribution < -0.4 is 15.4 Å². The van der Waals surface area contributed by atoms with Crippen molar-refractivity contribution < 1.29 is 23.9 Å². The standard InChI is InChI=1S/C22H20N2O5S/c1-13-17(22(27)29-3)21(24-19(25)14-8-5-4-6-9-14)30-18(13)20(26)23-15-10-7-11-16(12-15)28-2/h4-12H,1-3H3,(H,23,26)(H,24,25). The first kappa shape index (κ1) is 21.1. The summed E-state index contributed by atoms with van der Waals surface area (Å²) in [4.78, 5) is 38.0. The summed E-state index contributed by atoms with van der Waals surface area (Å²) >= 11 is 1.01. The third-order valence-corrected chi connectivity index (χ3v) is 5.54. The molecule has 0 saturated carbocycles. The van der Waals surface area contributed by atoms with Crippen molar-refractivity contribution in [3.63, 3.8) is 0 Å². The van der Waals surface area contributed by atoms with E-state index in [0.717, 1.165) is 11.3 Å². The highest BCUT2D eigenvalue weighted by Crippen LogP contribution is 2.34. The van der Waals surface area contributed by atoms with Crippen LogP contribution in [0.2, 0.25) is 0 Å². The van der Waals surface area contributed by atoms with Crippen molar-refractivity contribution in [3.8, 4) is 5.75 Å². The second-order valence-electron chi connectivity index (χ2n) is 6.26. The SMILES string of the molecule is COC(=O)c1c(NC(=O)c2ccccc2)sc(C(=O)Nc2cccc(OC)c2)c1C. The van der Waals surface area contributed by atoms with Crippen molar-refractivity contribution in [1.29, 1.82) is 0 Å². The van der Waals surface area contributed by atoms with E-state index >= 15 is 0 Å². The van der Waals surface area contributed by atoms with Gasteiger partial charge in [-0.15, -0.1) is 11.3 Å². The van der Waals surface area contributed by atoms with Crippen LogP contribution >= 0.6 is 11.3 Å². The first-order valence-corrected chi connectivity index (χ1v) is 9.79. The van der Waals surface area contributed by atoms with Crippen LogP contribution in [0.15, 0.2) is 54.6 Å². The van der Waals surface area contributed by atoms with Gasteiger partial charge < -0.3 is 20.1 Å². The average Bonchev–Trinajstić information content (AvgIpc) is 3.09. The van der Waals surface area contributed by atoms with Gasteiger partial charge in [0.25, 0.3) is 11.8 Å². The van der Waals surface area contributed by atoms with Gasteiger partial charge in [0.15, 0.2) is 0 Å². The zero-order valence-corrected chi connectivity index (χ0v) is 17.5. The van der Waals surface area contributed by atoms with Crippen molar-refractivity contribution in [2.24, 2.45) is 0 Å². The van der Waals surface area contributed by atoms with Gasteiger partial charge in [-0.1, -0.05) is 24.3 Å². The molecule has 0 fully saturated rings. The highest BCUT2D eigenvalue weighted by atomic mass is 32.1. The lowest BCUT2D eigenvalue weighted by Crippen LogP contribution is -2.14. The maximum atomic E-state index is 12.9. The number of anilines is 2. The summed E-state index contributed by atoms with van der Waals surface area (Å²) in [6.07, 6.45) is 0. The predicted molar refractivity (Wildman–Crippen MR) is 116 cm³/mol. The molecule has 3 aromatic rings. The molecule has 3 rings (SSSR count). The molecule has 0 aliphatic heterocycles. The van der Waals surface area contributed by atoms with Gasteiger partial charge in [-0.2, -0.15) is 0 Å². The Morgan fingerprint density at radius 1 is 0.900 bits per heavy atom. The third-order valence-electron chi connectivity index (χ3n) is 4.33. The lowest BCUT2D eigenvalue weighted by molar-refractivity contribution is 0.0601. The van der Waals surface area contributed by atoms with Crippen LogP contribution in [0, 0.1) is 6.92 Å². The number of esters is 1. The largest absolute Gasteiger partial charge is 0.497 e. The number of nitrogens with one attached hydrogen (secondary N) is 2. The summed E-state index contributed by atoms with van der Waals surface area (Å²) in [7, 11) is 2.78. The van der Waals surface area contributed by atoms with Crippen LogP contribution in [0.4, 0.5) is 10.7 Å². The van der Waals surface area contributed by atoms with Crippen molar-refractivity contribution >= 4 is 39.8 Å². The Morgan fingerprint density at radius 3 is 2.30 bits per heavy atom. The summed E-state index contributed by atoms with van der Waals surface area (Å²) in [6, 6.07) is 15.5. The number of carbonyl (C=O) groups is 3. The molecule has 0 unspecified atom stereocenters. The number of ether oxygens (including phenoxy) is 2. The molecule has 1 heterocycles. The zero-order chi connectivity index (χ0) is 21.7. The maximum absolute atomic E-state index is 12.9. The minimum atomic E-state index is -0.632. The molecule has 0 saturated heterocycles. The monoisotopic (exact) mass is 424 g/mol. The molecule has 0 bridgehead atoms. The molecular weight excluding hydrogens is 404 g/mol. The Morgan fingerprint density at radius 2 is 1.63 bits per heavy atom. The minimum Gasteiger partial charge on any atom is -0.497 e. The van der Waals surface area contributed by atoms with E-state index in [1.807, 2.05) is 0 Å². The van der Waals surface area contributed by atoms with Gasteiger partial charge in [0, 0.05) is 17.3 Å². The highest BCUT2D eigenvalue weighted by molar-refractivity contribution is 7.19. The van der Waals surface area contributed by atoms with E-state index in [2.05, 4.69) is 10.6 Å². The van der Waals surface area contributed by atoms with Crippen LogP contribution in [-0.4, -0.2) is 32.0 Å². The van der Waals surface area contributed by atoms with Crippen LogP contribution in [0.3, 0.4) is 0 Å². The molecule has 154 valence electrons. The second-order valence-corrected chi connectivity index (χ2v) is 7.28. The van der Waals surface area contributed by atoms with E-state index in [9.17, 15) is 14.4 Å². The topological polar surface area (TPSA) is 93.7 Å². The quantitative estimate of drug-likeness (QED) is 0.574. The molecular formula is C22H20N2O5S. The van der Waals surface area contributed by atoms with Gasteiger partial charge in [0.05, 0.1) is 24.7 Å². The predicted octanol–water partition coefficient (Wildman–Crippen LogP) is 4.36. The smallest absolute Gasteiger partial charge is 0.341 e. The molecule has 30 heavy (non-hydrogen) atoms. The first-order valence-electron chi connectivity index (χ1n) is 8.98. The van der Waals surface area contributed by atoms with E-state index in [1.54, 1.807) is 61.5 Å². The van der Waals surface area contributed by atoms with Crippen LogP contribution in [0.1, 0.15) is 36.0 Å². The molecule has 1 aromatic heterocycles. The molecule has 2 aromatic carbocycles. The summed E-state index contributed by atoms with van der Waals surface area (Å²) in [6.45, 7) is 1.64. The van der Waals surface area contributed by atoms with E-state index in [0.29, 0.717) is 27.4 Å². The first-order chi connectivity index (χ1) is 14.4. The second kappa shape index (κ2) is 9.23. The van der Waals surface area contributed by atoms with Crippen molar-refractivity contribution in [1.82, 2.24) is 0 Å². The van der Waals surface area contributed by atoms with Crippen LogP contribution in [-0.2, 0) is 4.74 Å². The van der Waals surface area contributed by atoms with Gasteiger partial charge in [-0.3, -0.25) is 9.59 Å². The summed E-state index contributed by atoms with van der Waals surface area (Å²) in [5, 5.41) is 5.76. The fourth-order valence-electron chi connectivity index (χ4n) is 2.82. The lowest BCUT2D eigenvalue weighted by Gasteiger charge is -2.06. The molecule has 0 aliphatic rings. The summed E-state index contributed by atoms with van der Waals surface area (Å²) < 4.78 is 10.0. The van der Waals surface area contributed by atoms with Crippen LogP contribution in [0.25, 0.3) is 0 Å². The van der Waals surface area contributed by atoms with Crippen molar-refractivity contribution in [3.05, 3.63) is 76.2 Å². The zero-order valence-electron chi connectivity index (χ0n) is 16.6. The van der Waals surface area contributed by atoms with E-state index in [4.69, 9.17) is 9.47 Å². The number of rotatable bonds is 6. The highest BCUT2D eigenvalue weighted by Gasteiger charge is 2.26. The summed E-state index contributed by atoms with van der Waals surface area (Å²) in [5.41, 5.74) is 1.56. The van der Waals surface area contributed by atoms with Gasteiger partial charge in [-0.25, -0.2) is 4.79 Å². The number of methoxy groups -OCH3 is 2. The Labute approximate surface area is 177 Å². The van der Waals surface area contributed by atoms with Crippen molar-refractivity contribution in [2.75, 3.05) is 24.9 Å². The van der Waals surface area contributed by atoms with Gasteiger partial charge >= 0.3 is 5.97 Å². The van der Waals surface area contributed by atoms with Gasteiger partial charge in [-0.05, 0) is 36.8 Å². The molecule has 0 radical (unpaired) electrons. The number of hydrogen-bond acceptors (Lipinski definition) is 6. The fraction of sp³-hybridized carbons (Fsp3) is 0.136. The fourth-order valence-corrected chi connectivity index (χ4v) is 3.90. The van der Waals surface area contributed by atoms with E-state index < -0.39 is 11.9 Å². The Balaban J connectivity index is 1.92. The number of benzene rings is 2. The van der Waals surface area contributed by atoms with Crippen LogP contribution in [0.5, 0.6) is 5.75 Å².